The first-order chi connectivity index (χ1) is 18.4. The van der Waals surface area contributed by atoms with Crippen LogP contribution in [0.15, 0.2) is 82.4 Å². The molecule has 0 fully saturated rings. The van der Waals surface area contributed by atoms with Crippen molar-refractivity contribution in [3.8, 4) is 23.0 Å². The van der Waals surface area contributed by atoms with Crippen molar-refractivity contribution in [1.82, 2.24) is 19.0 Å². The third kappa shape index (κ3) is 5.32. The van der Waals surface area contributed by atoms with Gasteiger partial charge in [0.15, 0.2) is 0 Å². The molecular weight excluding hydrogens is 514 g/mol. The number of amides is 2. The molecule has 1 aliphatic heterocycles. The number of imide groups is 1. The van der Waals surface area contributed by atoms with Gasteiger partial charge in [-0.3, -0.25) is 14.5 Å². The van der Waals surface area contributed by atoms with E-state index in [1.165, 1.54) is 26.2 Å². The largest absolute Gasteiger partial charge is 0.273 e. The number of rotatable bonds is 7. The van der Waals surface area contributed by atoms with E-state index >= 15 is 0 Å². The molecule has 0 spiro atoms. The molecule has 10 heteroatoms. The number of hydrogen-bond donors (Lipinski definition) is 0. The van der Waals surface area contributed by atoms with Crippen molar-refractivity contribution < 1.29 is 18.0 Å². The predicted molar refractivity (Wildman–Crippen MR) is 148 cm³/mol. The average molecular weight is 544 g/mol. The second kappa shape index (κ2) is 10.8. The van der Waals surface area contributed by atoms with Gasteiger partial charge in [0.1, 0.15) is 17.3 Å². The molecular formula is C29H29N5O4S. The lowest BCUT2D eigenvalue weighted by atomic mass is 9.92. The highest BCUT2D eigenvalue weighted by Gasteiger charge is 2.36. The number of hydrogen-bond acceptors (Lipinski definition) is 6. The minimum absolute atomic E-state index is 0.00952. The van der Waals surface area contributed by atoms with Gasteiger partial charge in [-0.1, -0.05) is 44.2 Å². The zero-order valence-electron chi connectivity index (χ0n) is 22.4. The standard InChI is InChI=1S/C29H29N5O4S/c1-19(2)17-33-28(35)25(20(3)26(16-30)29(33)36)15-22-18-34(23-11-7-6-8-12-23)31-27(22)21-10-9-13-24(14-21)39(37,38)32(4)5/h6-15,18-19H,17H2,1-5H3/b25-15+. The quantitative estimate of drug-likeness (QED) is 0.328. The molecule has 0 atom stereocenters. The molecule has 3 aromatic rings. The SMILES string of the molecule is CC1=C(C#N)C(=O)N(CC(C)C)C(=O)/C1=C/c1cn(-c2ccccc2)nc1-c1cccc(S(=O)(=O)N(C)C)c1. The van der Waals surface area contributed by atoms with E-state index in [-0.39, 0.29) is 34.1 Å². The molecule has 0 aliphatic carbocycles. The molecule has 2 aromatic carbocycles. The van der Waals surface area contributed by atoms with Crippen LogP contribution < -0.4 is 0 Å². The first-order valence-corrected chi connectivity index (χ1v) is 13.8. The summed E-state index contributed by atoms with van der Waals surface area (Å²) in [5.74, 6) is -1.09. The van der Waals surface area contributed by atoms with E-state index < -0.39 is 21.8 Å². The van der Waals surface area contributed by atoms with Gasteiger partial charge in [-0.25, -0.2) is 17.4 Å². The number of aromatic nitrogens is 2. The van der Waals surface area contributed by atoms with E-state index in [1.807, 2.05) is 50.2 Å². The van der Waals surface area contributed by atoms with Crippen LogP contribution in [0.25, 0.3) is 23.0 Å². The van der Waals surface area contributed by atoms with Crippen LogP contribution in [0.4, 0.5) is 0 Å². The van der Waals surface area contributed by atoms with Gasteiger partial charge in [-0.2, -0.15) is 10.4 Å². The average Bonchev–Trinajstić information content (AvgIpc) is 3.34. The van der Waals surface area contributed by atoms with E-state index in [1.54, 1.807) is 36.0 Å². The molecule has 200 valence electrons. The molecule has 0 N–H and O–H groups in total. The number of carbonyl (C=O) groups is 2. The Kier molecular flexibility index (Phi) is 7.67. The normalized spacial score (nSPS) is 15.5. The number of nitriles is 1. The van der Waals surface area contributed by atoms with E-state index in [9.17, 15) is 23.3 Å². The molecule has 1 aromatic heterocycles. The fraction of sp³-hybridized carbons (Fsp3) is 0.241. The summed E-state index contributed by atoms with van der Waals surface area (Å²) in [7, 11) is -0.782. The van der Waals surface area contributed by atoms with Gasteiger partial charge in [0.05, 0.1) is 10.6 Å². The number of carbonyl (C=O) groups excluding carboxylic acids is 2. The van der Waals surface area contributed by atoms with Crippen LogP contribution in [0, 0.1) is 17.2 Å². The maximum absolute atomic E-state index is 13.5. The summed E-state index contributed by atoms with van der Waals surface area (Å²) in [6.45, 7) is 5.53. The topological polar surface area (TPSA) is 116 Å². The summed E-state index contributed by atoms with van der Waals surface area (Å²) in [5, 5.41) is 14.5. The Labute approximate surface area is 228 Å². The van der Waals surface area contributed by atoms with Crippen molar-refractivity contribution in [1.29, 1.82) is 5.26 Å². The number of sulfonamides is 1. The zero-order valence-corrected chi connectivity index (χ0v) is 23.2. The Morgan fingerprint density at radius 1 is 1.05 bits per heavy atom. The Morgan fingerprint density at radius 3 is 2.36 bits per heavy atom. The Bertz CT molecular complexity index is 1660. The first kappa shape index (κ1) is 27.7. The second-order valence-electron chi connectivity index (χ2n) is 9.81. The van der Waals surface area contributed by atoms with E-state index in [4.69, 9.17) is 5.10 Å². The molecule has 2 heterocycles. The number of benzene rings is 2. The third-order valence-corrected chi connectivity index (χ3v) is 8.13. The van der Waals surface area contributed by atoms with Crippen LogP contribution in [0.3, 0.4) is 0 Å². The maximum Gasteiger partial charge on any atom is 0.271 e. The molecule has 0 saturated heterocycles. The molecule has 1 aliphatic rings. The minimum Gasteiger partial charge on any atom is -0.273 e. The fourth-order valence-corrected chi connectivity index (χ4v) is 5.21. The summed E-state index contributed by atoms with van der Waals surface area (Å²) in [6.07, 6.45) is 3.35. The van der Waals surface area contributed by atoms with Crippen LogP contribution in [0.1, 0.15) is 26.3 Å². The lowest BCUT2D eigenvalue weighted by molar-refractivity contribution is -0.141. The number of nitrogens with zero attached hydrogens (tertiary/aromatic N) is 5. The Morgan fingerprint density at radius 2 is 1.74 bits per heavy atom. The molecule has 0 saturated carbocycles. The summed E-state index contributed by atoms with van der Waals surface area (Å²) < 4.78 is 28.4. The lowest BCUT2D eigenvalue weighted by Crippen LogP contribution is -2.44. The van der Waals surface area contributed by atoms with Crippen molar-refractivity contribution in [3.63, 3.8) is 0 Å². The number of para-hydroxylation sites is 1. The monoisotopic (exact) mass is 543 g/mol. The van der Waals surface area contributed by atoms with E-state index in [2.05, 4.69) is 0 Å². The predicted octanol–water partition coefficient (Wildman–Crippen LogP) is 4.04. The highest BCUT2D eigenvalue weighted by molar-refractivity contribution is 7.89. The van der Waals surface area contributed by atoms with Crippen molar-refractivity contribution >= 4 is 27.9 Å². The lowest BCUT2D eigenvalue weighted by Gasteiger charge is -2.28. The Balaban J connectivity index is 1.95. The molecule has 0 bridgehead atoms. The van der Waals surface area contributed by atoms with Crippen LogP contribution in [-0.4, -0.2) is 59.9 Å². The molecule has 0 unspecified atom stereocenters. The maximum atomic E-state index is 13.5. The van der Waals surface area contributed by atoms with Gasteiger partial charge >= 0.3 is 0 Å². The highest BCUT2D eigenvalue weighted by Crippen LogP contribution is 2.32. The van der Waals surface area contributed by atoms with Crippen LogP contribution in [0.5, 0.6) is 0 Å². The summed E-state index contributed by atoms with van der Waals surface area (Å²) >= 11 is 0. The van der Waals surface area contributed by atoms with Gasteiger partial charge in [0.25, 0.3) is 11.8 Å². The van der Waals surface area contributed by atoms with E-state index in [0.717, 1.165) is 14.9 Å². The summed E-state index contributed by atoms with van der Waals surface area (Å²) in [4.78, 5) is 27.6. The van der Waals surface area contributed by atoms with Gasteiger partial charge in [-0.15, -0.1) is 0 Å². The molecule has 9 nitrogen and oxygen atoms in total. The first-order valence-electron chi connectivity index (χ1n) is 12.3. The van der Waals surface area contributed by atoms with Crippen molar-refractivity contribution in [3.05, 3.63) is 83.1 Å². The van der Waals surface area contributed by atoms with Gasteiger partial charge < -0.3 is 0 Å². The van der Waals surface area contributed by atoms with Crippen LogP contribution >= 0.6 is 0 Å². The fourth-order valence-electron chi connectivity index (χ4n) is 4.26. The minimum atomic E-state index is -3.70. The molecule has 2 amide bonds. The third-order valence-electron chi connectivity index (χ3n) is 6.32. The molecule has 4 rings (SSSR count). The van der Waals surface area contributed by atoms with Crippen LogP contribution in [0.2, 0.25) is 0 Å². The summed E-state index contributed by atoms with van der Waals surface area (Å²) in [5.41, 5.74) is 2.66. The van der Waals surface area contributed by atoms with Crippen LogP contribution in [-0.2, 0) is 19.6 Å². The molecule has 39 heavy (non-hydrogen) atoms. The van der Waals surface area contributed by atoms with Crippen molar-refractivity contribution in [2.45, 2.75) is 25.7 Å². The summed E-state index contributed by atoms with van der Waals surface area (Å²) in [6, 6.07) is 17.7. The van der Waals surface area contributed by atoms with Crippen molar-refractivity contribution in [2.75, 3.05) is 20.6 Å². The van der Waals surface area contributed by atoms with Gasteiger partial charge in [0, 0.05) is 43.5 Å². The van der Waals surface area contributed by atoms with E-state index in [0.29, 0.717) is 16.8 Å². The highest BCUT2D eigenvalue weighted by atomic mass is 32.2. The molecule has 0 radical (unpaired) electrons. The second-order valence-corrected chi connectivity index (χ2v) is 12.0. The zero-order chi connectivity index (χ0) is 28.5. The van der Waals surface area contributed by atoms with Gasteiger partial charge in [-0.05, 0) is 48.8 Å². The Hall–Kier alpha value is -4.33. The van der Waals surface area contributed by atoms with Crippen molar-refractivity contribution in [2.24, 2.45) is 5.92 Å². The smallest absolute Gasteiger partial charge is 0.271 e. The van der Waals surface area contributed by atoms with Gasteiger partial charge in [0.2, 0.25) is 10.0 Å².